The van der Waals surface area contributed by atoms with Crippen LogP contribution in [0.25, 0.3) is 0 Å². The van der Waals surface area contributed by atoms with E-state index in [1.165, 1.54) is 18.2 Å². The van der Waals surface area contributed by atoms with Crippen molar-refractivity contribution < 1.29 is 9.18 Å². The molecule has 18 heavy (non-hydrogen) atoms. The van der Waals surface area contributed by atoms with Crippen LogP contribution in [0.1, 0.15) is 10.4 Å². The van der Waals surface area contributed by atoms with E-state index in [1.807, 2.05) is 6.07 Å². The number of nitrogens with two attached hydrogens (primary N) is 1. The van der Waals surface area contributed by atoms with Gasteiger partial charge in [0, 0.05) is 10.2 Å². The average Bonchev–Trinajstić information content (AvgIpc) is 2.35. The summed E-state index contributed by atoms with van der Waals surface area (Å²) >= 11 is 3.30. The number of benzene rings is 2. The van der Waals surface area contributed by atoms with Crippen molar-refractivity contribution in [1.29, 1.82) is 0 Å². The number of halogens is 2. The Hall–Kier alpha value is -1.88. The molecular formula is C13H10BrFN2O. The molecule has 0 atom stereocenters. The second-order valence-electron chi connectivity index (χ2n) is 3.67. The van der Waals surface area contributed by atoms with Crippen molar-refractivity contribution in [2.45, 2.75) is 0 Å². The molecule has 0 heterocycles. The first-order valence-corrected chi connectivity index (χ1v) is 5.98. The van der Waals surface area contributed by atoms with E-state index in [0.717, 1.165) is 4.47 Å². The molecule has 92 valence electrons. The zero-order valence-electron chi connectivity index (χ0n) is 9.28. The Balaban J connectivity index is 2.28. The van der Waals surface area contributed by atoms with Crippen LogP contribution in [-0.2, 0) is 0 Å². The minimum atomic E-state index is -0.603. The molecule has 2 rings (SSSR count). The number of anilines is 2. The number of amides is 1. The maximum absolute atomic E-state index is 13.5. The Bertz CT molecular complexity index is 601. The first kappa shape index (κ1) is 12.6. The Labute approximate surface area is 112 Å². The van der Waals surface area contributed by atoms with Crippen LogP contribution in [0.15, 0.2) is 46.9 Å². The fourth-order valence-electron chi connectivity index (χ4n) is 1.47. The standard InChI is InChI=1S/C13H10BrFN2O/c14-10-3-1-2-4-12(10)17-13(18)9-7-8(16)5-6-11(9)15/h1-7H,16H2,(H,17,18). The van der Waals surface area contributed by atoms with Gasteiger partial charge in [0.25, 0.3) is 5.91 Å². The van der Waals surface area contributed by atoms with E-state index < -0.39 is 11.7 Å². The largest absolute Gasteiger partial charge is 0.399 e. The van der Waals surface area contributed by atoms with E-state index >= 15 is 0 Å². The molecule has 5 heteroatoms. The van der Waals surface area contributed by atoms with Gasteiger partial charge in [0.15, 0.2) is 0 Å². The summed E-state index contributed by atoms with van der Waals surface area (Å²) in [5, 5.41) is 2.61. The molecule has 1 amide bonds. The number of nitrogen functional groups attached to an aromatic ring is 1. The third-order valence-electron chi connectivity index (χ3n) is 2.36. The molecule has 0 aliphatic rings. The molecule has 3 N–H and O–H groups in total. The minimum absolute atomic E-state index is 0.0780. The lowest BCUT2D eigenvalue weighted by Crippen LogP contribution is -2.14. The van der Waals surface area contributed by atoms with Crippen molar-refractivity contribution in [3.63, 3.8) is 0 Å². The van der Waals surface area contributed by atoms with Gasteiger partial charge in [-0.3, -0.25) is 4.79 Å². The van der Waals surface area contributed by atoms with Gasteiger partial charge in [-0.25, -0.2) is 4.39 Å². The highest BCUT2D eigenvalue weighted by Gasteiger charge is 2.13. The third-order valence-corrected chi connectivity index (χ3v) is 3.05. The van der Waals surface area contributed by atoms with Crippen LogP contribution in [-0.4, -0.2) is 5.91 Å². The Morgan fingerprint density at radius 3 is 2.67 bits per heavy atom. The second-order valence-corrected chi connectivity index (χ2v) is 4.53. The number of para-hydroxylation sites is 1. The Kier molecular flexibility index (Phi) is 3.62. The van der Waals surface area contributed by atoms with Crippen LogP contribution in [0.4, 0.5) is 15.8 Å². The van der Waals surface area contributed by atoms with E-state index in [9.17, 15) is 9.18 Å². The fourth-order valence-corrected chi connectivity index (χ4v) is 1.85. The van der Waals surface area contributed by atoms with Gasteiger partial charge < -0.3 is 11.1 Å². The van der Waals surface area contributed by atoms with Crippen LogP contribution in [0.3, 0.4) is 0 Å². The molecule has 2 aromatic carbocycles. The normalized spacial score (nSPS) is 10.1. The van der Waals surface area contributed by atoms with Crippen LogP contribution in [0.2, 0.25) is 0 Å². The number of hydrogen-bond donors (Lipinski definition) is 2. The molecule has 0 spiro atoms. The lowest BCUT2D eigenvalue weighted by atomic mass is 10.1. The number of nitrogens with one attached hydrogen (secondary N) is 1. The Morgan fingerprint density at radius 1 is 1.22 bits per heavy atom. The summed E-state index contributed by atoms with van der Waals surface area (Å²) in [6.07, 6.45) is 0. The zero-order chi connectivity index (χ0) is 13.1. The molecule has 0 saturated carbocycles. The molecule has 0 fully saturated rings. The molecule has 3 nitrogen and oxygen atoms in total. The van der Waals surface area contributed by atoms with Crippen molar-refractivity contribution in [2.24, 2.45) is 0 Å². The topological polar surface area (TPSA) is 55.1 Å². The second kappa shape index (κ2) is 5.18. The molecule has 0 saturated heterocycles. The van der Waals surface area contributed by atoms with Gasteiger partial charge in [-0.1, -0.05) is 12.1 Å². The Morgan fingerprint density at radius 2 is 1.94 bits per heavy atom. The predicted octanol–water partition coefficient (Wildman–Crippen LogP) is 3.42. The number of carbonyl (C=O) groups is 1. The van der Waals surface area contributed by atoms with E-state index in [0.29, 0.717) is 11.4 Å². The average molecular weight is 309 g/mol. The van der Waals surface area contributed by atoms with Crippen molar-refractivity contribution in [3.8, 4) is 0 Å². The first-order chi connectivity index (χ1) is 8.58. The highest BCUT2D eigenvalue weighted by Crippen LogP contribution is 2.22. The van der Waals surface area contributed by atoms with Crippen LogP contribution >= 0.6 is 15.9 Å². The molecule has 0 aliphatic carbocycles. The molecule has 2 aromatic rings. The van der Waals surface area contributed by atoms with Gasteiger partial charge in [-0.15, -0.1) is 0 Å². The zero-order valence-corrected chi connectivity index (χ0v) is 10.9. The molecule has 0 unspecified atom stereocenters. The van der Waals surface area contributed by atoms with Gasteiger partial charge >= 0.3 is 0 Å². The maximum atomic E-state index is 13.5. The fraction of sp³-hybridized carbons (Fsp3) is 0. The van der Waals surface area contributed by atoms with Gasteiger partial charge in [0.2, 0.25) is 0 Å². The predicted molar refractivity (Wildman–Crippen MR) is 72.9 cm³/mol. The molecular weight excluding hydrogens is 299 g/mol. The van der Waals surface area contributed by atoms with E-state index in [-0.39, 0.29) is 5.56 Å². The maximum Gasteiger partial charge on any atom is 0.258 e. The monoisotopic (exact) mass is 308 g/mol. The first-order valence-electron chi connectivity index (χ1n) is 5.19. The third kappa shape index (κ3) is 2.68. The number of carbonyl (C=O) groups excluding carboxylic acids is 1. The summed E-state index contributed by atoms with van der Waals surface area (Å²) < 4.78 is 14.2. The quantitative estimate of drug-likeness (QED) is 0.835. The number of hydrogen-bond acceptors (Lipinski definition) is 2. The molecule has 0 radical (unpaired) electrons. The molecule has 0 aliphatic heterocycles. The minimum Gasteiger partial charge on any atom is -0.399 e. The van der Waals surface area contributed by atoms with Crippen LogP contribution in [0.5, 0.6) is 0 Å². The highest BCUT2D eigenvalue weighted by atomic mass is 79.9. The smallest absolute Gasteiger partial charge is 0.258 e. The summed E-state index contributed by atoms with van der Waals surface area (Å²) in [5.74, 6) is -1.14. The van der Waals surface area contributed by atoms with Gasteiger partial charge in [0.1, 0.15) is 5.82 Å². The lowest BCUT2D eigenvalue weighted by Gasteiger charge is -2.08. The number of rotatable bonds is 2. The van der Waals surface area contributed by atoms with E-state index in [4.69, 9.17) is 5.73 Å². The van der Waals surface area contributed by atoms with Crippen LogP contribution in [0, 0.1) is 5.82 Å². The van der Waals surface area contributed by atoms with E-state index in [1.54, 1.807) is 18.2 Å². The van der Waals surface area contributed by atoms with E-state index in [2.05, 4.69) is 21.2 Å². The summed E-state index contributed by atoms with van der Waals surface area (Å²) in [5.41, 5.74) is 6.37. The molecule has 0 bridgehead atoms. The van der Waals surface area contributed by atoms with Gasteiger partial charge in [0.05, 0.1) is 11.3 Å². The lowest BCUT2D eigenvalue weighted by molar-refractivity contribution is 0.102. The van der Waals surface area contributed by atoms with Crippen molar-refractivity contribution >= 4 is 33.2 Å². The highest BCUT2D eigenvalue weighted by molar-refractivity contribution is 9.10. The van der Waals surface area contributed by atoms with Crippen molar-refractivity contribution in [2.75, 3.05) is 11.1 Å². The summed E-state index contributed by atoms with van der Waals surface area (Å²) in [6.45, 7) is 0. The summed E-state index contributed by atoms with van der Waals surface area (Å²) in [7, 11) is 0. The summed E-state index contributed by atoms with van der Waals surface area (Å²) in [4.78, 5) is 11.9. The molecule has 0 aromatic heterocycles. The van der Waals surface area contributed by atoms with Crippen molar-refractivity contribution in [3.05, 3.63) is 58.3 Å². The van der Waals surface area contributed by atoms with Gasteiger partial charge in [-0.2, -0.15) is 0 Å². The SMILES string of the molecule is Nc1ccc(F)c(C(=O)Nc2ccccc2Br)c1. The van der Waals surface area contributed by atoms with Crippen LogP contribution < -0.4 is 11.1 Å². The van der Waals surface area contributed by atoms with Crippen molar-refractivity contribution in [1.82, 2.24) is 0 Å². The summed E-state index contributed by atoms with van der Waals surface area (Å²) in [6, 6.07) is 11.0. The van der Waals surface area contributed by atoms with Gasteiger partial charge in [-0.05, 0) is 46.3 Å².